The summed E-state index contributed by atoms with van der Waals surface area (Å²) in [5.74, 6) is 2.12. The fourth-order valence-electron chi connectivity index (χ4n) is 5.04. The van der Waals surface area contributed by atoms with Gasteiger partial charge >= 0.3 is 0 Å². The number of ether oxygens (including phenoxy) is 2. The van der Waals surface area contributed by atoms with Crippen LogP contribution >= 0.6 is 0 Å². The molecule has 6 nitrogen and oxygen atoms in total. The largest absolute Gasteiger partial charge is 0.497 e. The monoisotopic (exact) mass is 473 g/mol. The first-order valence-corrected chi connectivity index (χ1v) is 12.2. The van der Waals surface area contributed by atoms with Gasteiger partial charge in [-0.15, -0.1) is 0 Å². The summed E-state index contributed by atoms with van der Waals surface area (Å²) in [4.78, 5) is 22.0. The van der Waals surface area contributed by atoms with E-state index in [1.54, 1.807) is 26.5 Å². The molecular weight excluding hydrogens is 438 g/mol. The Labute approximate surface area is 208 Å². The summed E-state index contributed by atoms with van der Waals surface area (Å²) in [7, 11) is 5.32. The molecule has 184 valence electrons. The van der Waals surface area contributed by atoms with Gasteiger partial charge < -0.3 is 14.4 Å². The van der Waals surface area contributed by atoms with E-state index in [1.807, 2.05) is 42.3 Å². The number of methoxy groups -OCH3 is 2. The summed E-state index contributed by atoms with van der Waals surface area (Å²) < 4.78 is 11.0. The molecule has 4 rings (SSSR count). The van der Waals surface area contributed by atoms with Crippen LogP contribution in [0.5, 0.6) is 11.5 Å². The molecule has 1 aromatic heterocycles. The van der Waals surface area contributed by atoms with Gasteiger partial charge in [-0.05, 0) is 74.2 Å². The van der Waals surface area contributed by atoms with Crippen LogP contribution in [0.1, 0.15) is 34.5 Å². The van der Waals surface area contributed by atoms with Gasteiger partial charge in [0.1, 0.15) is 17.2 Å². The summed E-state index contributed by atoms with van der Waals surface area (Å²) >= 11 is 0. The van der Waals surface area contributed by atoms with Gasteiger partial charge in [0.15, 0.2) is 0 Å². The molecular formula is C29H35N3O3. The zero-order chi connectivity index (χ0) is 24.6. The molecule has 0 aliphatic carbocycles. The molecule has 0 spiro atoms. The lowest BCUT2D eigenvalue weighted by atomic mass is 9.84. The number of aromatic nitrogens is 1. The maximum atomic E-state index is 13.3. The van der Waals surface area contributed by atoms with Crippen molar-refractivity contribution in [3.63, 3.8) is 0 Å². The van der Waals surface area contributed by atoms with Crippen LogP contribution in [0.3, 0.4) is 0 Å². The van der Waals surface area contributed by atoms with Crippen molar-refractivity contribution in [3.05, 3.63) is 89.7 Å². The zero-order valence-electron chi connectivity index (χ0n) is 20.9. The first kappa shape index (κ1) is 24.7. The molecule has 0 saturated carbocycles. The Kier molecular flexibility index (Phi) is 8.37. The van der Waals surface area contributed by atoms with Crippen LogP contribution in [0.15, 0.2) is 72.9 Å². The average molecular weight is 474 g/mol. The Bertz CT molecular complexity index is 1080. The topological polar surface area (TPSA) is 54.9 Å². The van der Waals surface area contributed by atoms with Gasteiger partial charge in [0.05, 0.1) is 14.2 Å². The number of amides is 1. The highest BCUT2D eigenvalue weighted by Gasteiger charge is 2.32. The SMILES string of the molecule is COc1ccc(OC)c(CN2CCC(C(Cc3ccccc3)N(C)C(=O)c3ccccn3)CC2)c1. The molecule has 1 aliphatic heterocycles. The van der Waals surface area contributed by atoms with Crippen molar-refractivity contribution in [2.45, 2.75) is 31.8 Å². The van der Waals surface area contributed by atoms with Crippen molar-refractivity contribution < 1.29 is 14.3 Å². The molecule has 1 unspecified atom stereocenters. The van der Waals surface area contributed by atoms with E-state index in [0.717, 1.165) is 56.0 Å². The van der Waals surface area contributed by atoms with Crippen molar-refractivity contribution in [1.82, 2.24) is 14.8 Å². The molecule has 1 saturated heterocycles. The molecule has 0 radical (unpaired) electrons. The first-order chi connectivity index (χ1) is 17.1. The number of likely N-dealkylation sites (tertiary alicyclic amines) is 1. The molecule has 1 amide bonds. The minimum absolute atomic E-state index is 0.0184. The molecule has 0 N–H and O–H groups in total. The van der Waals surface area contributed by atoms with Crippen molar-refractivity contribution >= 4 is 5.91 Å². The Balaban J connectivity index is 1.47. The van der Waals surface area contributed by atoms with E-state index < -0.39 is 0 Å². The zero-order valence-corrected chi connectivity index (χ0v) is 20.9. The Morgan fingerprint density at radius 1 is 1.03 bits per heavy atom. The number of hydrogen-bond donors (Lipinski definition) is 0. The second kappa shape index (κ2) is 11.8. The molecule has 3 aromatic rings. The van der Waals surface area contributed by atoms with Gasteiger partial charge in [-0.3, -0.25) is 14.7 Å². The summed E-state index contributed by atoms with van der Waals surface area (Å²) in [5.41, 5.74) is 2.88. The van der Waals surface area contributed by atoms with Crippen molar-refractivity contribution in [3.8, 4) is 11.5 Å². The maximum absolute atomic E-state index is 13.3. The van der Waals surface area contributed by atoms with Crippen molar-refractivity contribution in [2.24, 2.45) is 5.92 Å². The summed E-state index contributed by atoms with van der Waals surface area (Å²) in [5, 5.41) is 0. The second-order valence-corrected chi connectivity index (χ2v) is 9.18. The quantitative estimate of drug-likeness (QED) is 0.451. The molecule has 1 aliphatic rings. The smallest absolute Gasteiger partial charge is 0.272 e. The minimum atomic E-state index is -0.0184. The van der Waals surface area contributed by atoms with E-state index in [1.165, 1.54) is 5.56 Å². The van der Waals surface area contributed by atoms with Crippen LogP contribution in [0, 0.1) is 5.92 Å². The van der Waals surface area contributed by atoms with Crippen LogP contribution in [-0.2, 0) is 13.0 Å². The molecule has 2 heterocycles. The number of likely N-dealkylation sites (N-methyl/N-ethyl adjacent to an activating group) is 1. The van der Waals surface area contributed by atoms with Crippen LogP contribution < -0.4 is 9.47 Å². The highest BCUT2D eigenvalue weighted by Crippen LogP contribution is 2.30. The number of carbonyl (C=O) groups excluding carboxylic acids is 1. The standard InChI is InChI=1S/C29H35N3O3/c1-31(29(33)26-11-7-8-16-30-26)27(19-22-9-5-4-6-10-22)23-14-17-32(18-15-23)21-24-20-25(34-2)12-13-28(24)35-3/h4-13,16,20,23,27H,14-15,17-19,21H2,1-3H3. The van der Waals surface area contributed by atoms with Crippen LogP contribution in [0.25, 0.3) is 0 Å². The summed E-state index contributed by atoms with van der Waals surface area (Å²) in [6, 6.07) is 22.0. The van der Waals surface area contributed by atoms with Crippen molar-refractivity contribution in [1.29, 1.82) is 0 Å². The lowest BCUT2D eigenvalue weighted by molar-refractivity contribution is 0.0579. The normalized spacial score (nSPS) is 15.4. The van der Waals surface area contributed by atoms with Gasteiger partial charge in [-0.25, -0.2) is 0 Å². The highest BCUT2D eigenvalue weighted by molar-refractivity contribution is 5.92. The summed E-state index contributed by atoms with van der Waals surface area (Å²) in [6.07, 6.45) is 4.58. The predicted octanol–water partition coefficient (Wildman–Crippen LogP) is 4.69. The molecule has 1 atom stereocenters. The number of carbonyl (C=O) groups is 1. The highest BCUT2D eigenvalue weighted by atomic mass is 16.5. The number of hydrogen-bond acceptors (Lipinski definition) is 5. The van der Waals surface area contributed by atoms with Crippen LogP contribution in [0.2, 0.25) is 0 Å². The van der Waals surface area contributed by atoms with E-state index in [0.29, 0.717) is 11.6 Å². The van der Waals surface area contributed by atoms with Gasteiger partial charge in [0.25, 0.3) is 5.91 Å². The van der Waals surface area contributed by atoms with E-state index >= 15 is 0 Å². The first-order valence-electron chi connectivity index (χ1n) is 12.2. The molecule has 0 bridgehead atoms. The average Bonchev–Trinajstić information content (AvgIpc) is 2.92. The van der Waals surface area contributed by atoms with E-state index in [9.17, 15) is 4.79 Å². The number of piperidine rings is 1. The Hall–Kier alpha value is -3.38. The van der Waals surface area contributed by atoms with Crippen LogP contribution in [0.4, 0.5) is 0 Å². The predicted molar refractivity (Wildman–Crippen MR) is 138 cm³/mol. The molecule has 35 heavy (non-hydrogen) atoms. The van der Waals surface area contributed by atoms with E-state index in [-0.39, 0.29) is 11.9 Å². The maximum Gasteiger partial charge on any atom is 0.272 e. The van der Waals surface area contributed by atoms with Gasteiger partial charge in [-0.2, -0.15) is 0 Å². The van der Waals surface area contributed by atoms with Gasteiger partial charge in [0, 0.05) is 31.4 Å². The van der Waals surface area contributed by atoms with Crippen LogP contribution in [-0.4, -0.2) is 61.1 Å². The minimum Gasteiger partial charge on any atom is -0.497 e. The molecule has 2 aromatic carbocycles. The third kappa shape index (κ3) is 6.20. The lowest BCUT2D eigenvalue weighted by Gasteiger charge is -2.40. The molecule has 6 heteroatoms. The number of nitrogens with zero attached hydrogens (tertiary/aromatic N) is 3. The third-order valence-corrected chi connectivity index (χ3v) is 7.05. The Morgan fingerprint density at radius 3 is 2.43 bits per heavy atom. The number of rotatable bonds is 9. The van der Waals surface area contributed by atoms with E-state index in [4.69, 9.17) is 9.47 Å². The third-order valence-electron chi connectivity index (χ3n) is 7.05. The summed E-state index contributed by atoms with van der Waals surface area (Å²) in [6.45, 7) is 2.77. The van der Waals surface area contributed by atoms with E-state index in [2.05, 4.69) is 40.2 Å². The van der Waals surface area contributed by atoms with Gasteiger partial charge in [-0.1, -0.05) is 36.4 Å². The number of benzene rings is 2. The fraction of sp³-hybridized carbons (Fsp3) is 0.379. The molecule has 1 fully saturated rings. The Morgan fingerprint density at radius 2 is 1.77 bits per heavy atom. The number of pyridine rings is 1. The van der Waals surface area contributed by atoms with Gasteiger partial charge in [0.2, 0.25) is 0 Å². The second-order valence-electron chi connectivity index (χ2n) is 9.18. The lowest BCUT2D eigenvalue weighted by Crippen LogP contribution is -2.47. The van der Waals surface area contributed by atoms with Crippen molar-refractivity contribution in [2.75, 3.05) is 34.4 Å². The fourth-order valence-corrected chi connectivity index (χ4v) is 5.04.